The molecule has 0 bridgehead atoms. The Hall–Kier alpha value is -2.13. The number of carbonyl (C=O) groups excluding carboxylic acids is 2. The zero-order chi connectivity index (χ0) is 20.6. The van der Waals surface area contributed by atoms with Gasteiger partial charge in [0.05, 0.1) is 24.3 Å². The molecule has 0 radical (unpaired) electrons. The van der Waals surface area contributed by atoms with E-state index in [0.717, 1.165) is 18.9 Å². The summed E-state index contributed by atoms with van der Waals surface area (Å²) in [5.74, 6) is -0.495. The average Bonchev–Trinajstić information content (AvgIpc) is 2.63. The summed E-state index contributed by atoms with van der Waals surface area (Å²) in [7, 11) is 0. The average molecular weight is 400 g/mol. The summed E-state index contributed by atoms with van der Waals surface area (Å²) in [6.45, 7) is 5.50. The van der Waals surface area contributed by atoms with E-state index in [0.29, 0.717) is 39.3 Å². The Bertz CT molecular complexity index is 659. The molecule has 1 saturated heterocycles. The third-order valence-corrected chi connectivity index (χ3v) is 4.56. The van der Waals surface area contributed by atoms with Crippen molar-refractivity contribution < 1.29 is 22.8 Å². The molecule has 0 spiro atoms. The molecule has 1 aliphatic rings. The lowest BCUT2D eigenvalue weighted by Crippen LogP contribution is -2.51. The Balaban J connectivity index is 1.76. The summed E-state index contributed by atoms with van der Waals surface area (Å²) in [4.78, 5) is 27.9. The smallest absolute Gasteiger partial charge is 0.355 e. The molecular formula is C19H27F3N4O2. The minimum Gasteiger partial charge on any atom is -0.355 e. The predicted molar refractivity (Wildman–Crippen MR) is 101 cm³/mol. The van der Waals surface area contributed by atoms with Crippen LogP contribution in [0.1, 0.15) is 25.3 Å². The van der Waals surface area contributed by atoms with E-state index in [4.69, 9.17) is 0 Å². The quantitative estimate of drug-likeness (QED) is 0.657. The van der Waals surface area contributed by atoms with Crippen molar-refractivity contribution in [1.82, 2.24) is 15.1 Å². The summed E-state index contributed by atoms with van der Waals surface area (Å²) < 4.78 is 39.0. The van der Waals surface area contributed by atoms with E-state index >= 15 is 0 Å². The van der Waals surface area contributed by atoms with Gasteiger partial charge < -0.3 is 10.6 Å². The van der Waals surface area contributed by atoms with Crippen LogP contribution < -0.4 is 10.6 Å². The molecule has 28 heavy (non-hydrogen) atoms. The number of hydrogen-bond donors (Lipinski definition) is 2. The Morgan fingerprint density at radius 2 is 1.57 bits per heavy atom. The number of hydrogen-bond acceptors (Lipinski definition) is 4. The van der Waals surface area contributed by atoms with Gasteiger partial charge in [0, 0.05) is 32.7 Å². The van der Waals surface area contributed by atoms with Gasteiger partial charge >= 0.3 is 6.18 Å². The molecule has 9 heteroatoms. The molecule has 0 aromatic heterocycles. The van der Waals surface area contributed by atoms with E-state index in [1.165, 1.54) is 18.2 Å². The maximum absolute atomic E-state index is 13.0. The number of alkyl halides is 3. The molecule has 1 aromatic carbocycles. The van der Waals surface area contributed by atoms with E-state index < -0.39 is 17.6 Å². The molecule has 1 fully saturated rings. The highest BCUT2D eigenvalue weighted by atomic mass is 19.4. The lowest BCUT2D eigenvalue weighted by atomic mass is 10.1. The van der Waals surface area contributed by atoms with Crippen molar-refractivity contribution in [3.05, 3.63) is 29.8 Å². The van der Waals surface area contributed by atoms with Gasteiger partial charge in [-0.1, -0.05) is 25.5 Å². The van der Waals surface area contributed by atoms with E-state index in [-0.39, 0.29) is 18.1 Å². The van der Waals surface area contributed by atoms with Gasteiger partial charge in [-0.2, -0.15) is 13.2 Å². The second-order valence-electron chi connectivity index (χ2n) is 6.85. The molecule has 2 rings (SSSR count). The van der Waals surface area contributed by atoms with E-state index in [9.17, 15) is 22.8 Å². The summed E-state index contributed by atoms with van der Waals surface area (Å²) >= 11 is 0. The van der Waals surface area contributed by atoms with Gasteiger partial charge in [-0.25, -0.2) is 0 Å². The number of halogens is 3. The highest BCUT2D eigenvalue weighted by molar-refractivity contribution is 5.93. The van der Waals surface area contributed by atoms with Gasteiger partial charge in [0.15, 0.2) is 0 Å². The van der Waals surface area contributed by atoms with Crippen LogP contribution >= 0.6 is 0 Å². The number of para-hydroxylation sites is 1. The Morgan fingerprint density at radius 3 is 2.14 bits per heavy atom. The fourth-order valence-electron chi connectivity index (χ4n) is 3.00. The molecule has 156 valence electrons. The number of piperazine rings is 1. The Morgan fingerprint density at radius 1 is 1.00 bits per heavy atom. The summed E-state index contributed by atoms with van der Waals surface area (Å²) in [6.07, 6.45) is -2.55. The molecule has 0 atom stereocenters. The fraction of sp³-hybridized carbons (Fsp3) is 0.579. The van der Waals surface area contributed by atoms with Gasteiger partial charge in [0.1, 0.15) is 0 Å². The molecule has 2 amide bonds. The number of nitrogens with zero attached hydrogens (tertiary/aromatic N) is 2. The lowest BCUT2D eigenvalue weighted by Gasteiger charge is -2.33. The number of unbranched alkanes of at least 4 members (excludes halogenated alkanes) is 1. The van der Waals surface area contributed by atoms with Crippen molar-refractivity contribution in [3.63, 3.8) is 0 Å². The SMILES string of the molecule is CCCCNC(=O)CN1CCN(CC(=O)Nc2ccccc2C(F)(F)F)CC1. The third kappa shape index (κ3) is 7.12. The number of nitrogens with one attached hydrogen (secondary N) is 2. The van der Waals surface area contributed by atoms with Crippen LogP contribution in [0.5, 0.6) is 0 Å². The first-order chi connectivity index (χ1) is 13.3. The van der Waals surface area contributed by atoms with E-state index in [1.54, 1.807) is 0 Å². The second-order valence-corrected chi connectivity index (χ2v) is 6.85. The minimum absolute atomic E-state index is 0.0107. The molecule has 1 aromatic rings. The number of rotatable bonds is 8. The van der Waals surface area contributed by atoms with Crippen LogP contribution in [0.3, 0.4) is 0 Å². The molecule has 0 unspecified atom stereocenters. The van der Waals surface area contributed by atoms with E-state index in [2.05, 4.69) is 17.6 Å². The molecule has 2 N–H and O–H groups in total. The second kappa shape index (κ2) is 10.4. The Kier molecular flexibility index (Phi) is 8.25. The number of amides is 2. The monoisotopic (exact) mass is 400 g/mol. The van der Waals surface area contributed by atoms with Crippen molar-refractivity contribution >= 4 is 17.5 Å². The van der Waals surface area contributed by atoms with Crippen LogP contribution in [0.4, 0.5) is 18.9 Å². The Labute approximate surface area is 163 Å². The molecule has 1 heterocycles. The van der Waals surface area contributed by atoms with Crippen molar-refractivity contribution in [2.75, 3.05) is 51.1 Å². The number of anilines is 1. The largest absolute Gasteiger partial charge is 0.418 e. The number of benzene rings is 1. The first kappa shape index (κ1) is 22.2. The lowest BCUT2D eigenvalue weighted by molar-refractivity contribution is -0.137. The maximum Gasteiger partial charge on any atom is 0.418 e. The summed E-state index contributed by atoms with van der Waals surface area (Å²) in [5.41, 5.74) is -1.09. The highest BCUT2D eigenvalue weighted by Crippen LogP contribution is 2.34. The van der Waals surface area contributed by atoms with Crippen LogP contribution in [-0.4, -0.2) is 67.4 Å². The zero-order valence-corrected chi connectivity index (χ0v) is 16.0. The van der Waals surface area contributed by atoms with Crippen LogP contribution in [0.15, 0.2) is 24.3 Å². The van der Waals surface area contributed by atoms with Gasteiger partial charge in [-0.3, -0.25) is 19.4 Å². The highest BCUT2D eigenvalue weighted by Gasteiger charge is 2.33. The molecule has 1 aliphatic heterocycles. The van der Waals surface area contributed by atoms with Crippen molar-refractivity contribution in [1.29, 1.82) is 0 Å². The van der Waals surface area contributed by atoms with Crippen LogP contribution in [-0.2, 0) is 15.8 Å². The molecule has 0 saturated carbocycles. The fourth-order valence-corrected chi connectivity index (χ4v) is 3.00. The van der Waals surface area contributed by atoms with E-state index in [1.807, 2.05) is 9.80 Å². The van der Waals surface area contributed by atoms with Gasteiger partial charge in [0.25, 0.3) is 0 Å². The summed E-state index contributed by atoms with van der Waals surface area (Å²) in [6, 6.07) is 4.93. The van der Waals surface area contributed by atoms with Crippen LogP contribution in [0.2, 0.25) is 0 Å². The third-order valence-electron chi connectivity index (χ3n) is 4.56. The first-order valence-electron chi connectivity index (χ1n) is 9.47. The van der Waals surface area contributed by atoms with Gasteiger partial charge in [-0.15, -0.1) is 0 Å². The number of carbonyl (C=O) groups is 2. The van der Waals surface area contributed by atoms with Crippen LogP contribution in [0.25, 0.3) is 0 Å². The molecule has 6 nitrogen and oxygen atoms in total. The summed E-state index contributed by atoms with van der Waals surface area (Å²) in [5, 5.41) is 5.23. The van der Waals surface area contributed by atoms with Crippen LogP contribution in [0, 0.1) is 0 Å². The first-order valence-corrected chi connectivity index (χ1v) is 9.47. The maximum atomic E-state index is 13.0. The van der Waals surface area contributed by atoms with Gasteiger partial charge in [0.2, 0.25) is 11.8 Å². The zero-order valence-electron chi connectivity index (χ0n) is 16.0. The van der Waals surface area contributed by atoms with Crippen molar-refractivity contribution in [2.45, 2.75) is 25.9 Å². The normalized spacial score (nSPS) is 16.0. The van der Waals surface area contributed by atoms with Crippen molar-refractivity contribution in [3.8, 4) is 0 Å². The molecular weight excluding hydrogens is 373 g/mol. The predicted octanol–water partition coefficient (Wildman–Crippen LogP) is 2.18. The van der Waals surface area contributed by atoms with Crippen molar-refractivity contribution in [2.24, 2.45) is 0 Å². The molecule has 0 aliphatic carbocycles. The standard InChI is InChI=1S/C19H27F3N4O2/c1-2-3-8-23-17(27)13-25-9-11-26(12-10-25)14-18(28)24-16-7-5-4-6-15(16)19(20,21)22/h4-7H,2-3,8-14H2,1H3,(H,23,27)(H,24,28). The topological polar surface area (TPSA) is 64.7 Å². The minimum atomic E-state index is -4.52. The van der Waals surface area contributed by atoms with Gasteiger partial charge in [-0.05, 0) is 18.6 Å².